The van der Waals surface area contributed by atoms with Gasteiger partial charge in [-0.1, -0.05) is 0 Å². The molecule has 0 bridgehead atoms. The molecule has 0 saturated heterocycles. The molecule has 1 aliphatic rings. The second-order valence-electron chi connectivity index (χ2n) is 4.04. The van der Waals surface area contributed by atoms with Crippen molar-refractivity contribution in [2.45, 2.75) is 19.4 Å². The number of fused-ring (bicyclic) bond motifs is 1. The van der Waals surface area contributed by atoms with E-state index in [4.69, 9.17) is 9.47 Å². The van der Waals surface area contributed by atoms with Crippen molar-refractivity contribution in [2.24, 2.45) is 0 Å². The summed E-state index contributed by atoms with van der Waals surface area (Å²) in [4.78, 5) is 11.4. The number of benzene rings is 1. The summed E-state index contributed by atoms with van der Waals surface area (Å²) in [5.41, 5.74) is 0.0835. The summed E-state index contributed by atoms with van der Waals surface area (Å²) in [6, 6.07) is 2.44. The highest BCUT2D eigenvalue weighted by Gasteiger charge is 2.24. The van der Waals surface area contributed by atoms with E-state index in [1.54, 1.807) is 6.92 Å². The highest BCUT2D eigenvalue weighted by molar-refractivity contribution is 5.76. The summed E-state index contributed by atoms with van der Waals surface area (Å²) < 4.78 is 29.1. The van der Waals surface area contributed by atoms with E-state index >= 15 is 0 Å². The van der Waals surface area contributed by atoms with Crippen molar-refractivity contribution in [3.8, 4) is 11.5 Å². The fraction of sp³-hybridized carbons (Fsp3) is 0.462. The SMILES string of the molecule is CCOC(=O)C(O)c1cc(F)c2c(c1)OCCCO2. The van der Waals surface area contributed by atoms with Crippen LogP contribution in [0.5, 0.6) is 11.5 Å². The minimum absolute atomic E-state index is 0.0114. The van der Waals surface area contributed by atoms with Crippen molar-refractivity contribution in [3.05, 3.63) is 23.5 Å². The summed E-state index contributed by atoms with van der Waals surface area (Å²) >= 11 is 0. The first kappa shape index (κ1) is 13.6. The van der Waals surface area contributed by atoms with E-state index in [0.29, 0.717) is 19.6 Å². The minimum atomic E-state index is -1.54. The van der Waals surface area contributed by atoms with E-state index in [9.17, 15) is 14.3 Å². The maximum atomic E-state index is 13.9. The highest BCUT2D eigenvalue weighted by atomic mass is 19.1. The van der Waals surface area contributed by atoms with Crippen LogP contribution in [0.4, 0.5) is 4.39 Å². The summed E-state index contributed by atoms with van der Waals surface area (Å²) in [7, 11) is 0. The molecule has 0 fully saturated rings. The van der Waals surface area contributed by atoms with Gasteiger partial charge < -0.3 is 19.3 Å². The number of hydrogen-bond donors (Lipinski definition) is 1. The maximum Gasteiger partial charge on any atom is 0.339 e. The molecule has 1 aromatic carbocycles. The zero-order chi connectivity index (χ0) is 13.8. The van der Waals surface area contributed by atoms with Gasteiger partial charge in [0.05, 0.1) is 19.8 Å². The lowest BCUT2D eigenvalue weighted by atomic mass is 10.1. The fourth-order valence-electron chi connectivity index (χ4n) is 1.77. The molecule has 1 aliphatic heterocycles. The Balaban J connectivity index is 2.30. The zero-order valence-electron chi connectivity index (χ0n) is 10.5. The number of esters is 1. The molecule has 104 valence electrons. The third-order valence-corrected chi connectivity index (χ3v) is 2.65. The van der Waals surface area contributed by atoms with E-state index in [-0.39, 0.29) is 23.7 Å². The standard InChI is InChI=1S/C13H15FO5/c1-2-17-13(16)11(15)8-6-9(14)12-10(7-8)18-4-3-5-19-12/h6-7,11,15H,2-5H2,1H3. The Bertz CT molecular complexity index is 474. The number of aliphatic hydroxyl groups is 1. The molecule has 0 amide bonds. The average Bonchev–Trinajstić information content (AvgIpc) is 2.63. The van der Waals surface area contributed by atoms with Crippen LogP contribution in [0.3, 0.4) is 0 Å². The number of carbonyl (C=O) groups excluding carboxylic acids is 1. The molecule has 0 saturated carbocycles. The normalized spacial score (nSPS) is 15.5. The van der Waals surface area contributed by atoms with Gasteiger partial charge in [0.25, 0.3) is 0 Å². The smallest absolute Gasteiger partial charge is 0.339 e. The number of halogens is 1. The van der Waals surface area contributed by atoms with Gasteiger partial charge in [-0.15, -0.1) is 0 Å². The summed E-state index contributed by atoms with van der Waals surface area (Å²) in [5.74, 6) is -1.29. The molecule has 0 aliphatic carbocycles. The average molecular weight is 270 g/mol. The van der Waals surface area contributed by atoms with Crippen LogP contribution in [0.2, 0.25) is 0 Å². The summed E-state index contributed by atoms with van der Waals surface area (Å²) in [6.07, 6.45) is -0.893. The molecule has 6 heteroatoms. The third kappa shape index (κ3) is 2.96. The van der Waals surface area contributed by atoms with Gasteiger partial charge in [-0.2, -0.15) is 0 Å². The number of ether oxygens (including phenoxy) is 3. The Labute approximate surface area is 109 Å². The largest absolute Gasteiger partial charge is 0.489 e. The van der Waals surface area contributed by atoms with Gasteiger partial charge in [-0.3, -0.25) is 0 Å². The molecule has 19 heavy (non-hydrogen) atoms. The van der Waals surface area contributed by atoms with Crippen molar-refractivity contribution < 1.29 is 28.5 Å². The van der Waals surface area contributed by atoms with Gasteiger partial charge in [0.2, 0.25) is 0 Å². The second kappa shape index (κ2) is 5.88. The van der Waals surface area contributed by atoms with Crippen LogP contribution in [0, 0.1) is 5.82 Å². The topological polar surface area (TPSA) is 65.0 Å². The lowest BCUT2D eigenvalue weighted by molar-refractivity contribution is -0.153. The quantitative estimate of drug-likeness (QED) is 0.845. The van der Waals surface area contributed by atoms with Crippen molar-refractivity contribution in [1.29, 1.82) is 0 Å². The van der Waals surface area contributed by atoms with Crippen LogP contribution in [-0.4, -0.2) is 30.9 Å². The molecule has 5 nitrogen and oxygen atoms in total. The van der Waals surface area contributed by atoms with Crippen molar-refractivity contribution >= 4 is 5.97 Å². The number of aliphatic hydroxyl groups excluding tert-OH is 1. The summed E-state index contributed by atoms with van der Waals surface area (Å²) in [5, 5.41) is 9.78. The van der Waals surface area contributed by atoms with Crippen molar-refractivity contribution in [3.63, 3.8) is 0 Å². The molecule has 0 spiro atoms. The van der Waals surface area contributed by atoms with Crippen molar-refractivity contribution in [1.82, 2.24) is 0 Å². The monoisotopic (exact) mass is 270 g/mol. The highest BCUT2D eigenvalue weighted by Crippen LogP contribution is 2.35. The third-order valence-electron chi connectivity index (χ3n) is 2.65. The molecule has 1 aromatic rings. The fourth-order valence-corrected chi connectivity index (χ4v) is 1.77. The lowest BCUT2D eigenvalue weighted by Crippen LogP contribution is -2.15. The van der Waals surface area contributed by atoms with E-state index < -0.39 is 17.9 Å². The van der Waals surface area contributed by atoms with Crippen LogP contribution in [0.1, 0.15) is 25.0 Å². The zero-order valence-corrected chi connectivity index (χ0v) is 10.5. The molecule has 0 aromatic heterocycles. The lowest BCUT2D eigenvalue weighted by Gasteiger charge is -2.14. The molecule has 0 radical (unpaired) electrons. The summed E-state index contributed by atoms with van der Waals surface area (Å²) in [6.45, 7) is 2.52. The molecule has 1 unspecified atom stereocenters. The molecular weight excluding hydrogens is 255 g/mol. The predicted octanol–water partition coefficient (Wildman–Crippen LogP) is 1.58. The number of carbonyl (C=O) groups is 1. The van der Waals surface area contributed by atoms with Gasteiger partial charge in [0, 0.05) is 6.42 Å². The van der Waals surface area contributed by atoms with E-state index in [1.165, 1.54) is 6.07 Å². The second-order valence-corrected chi connectivity index (χ2v) is 4.04. The van der Waals surface area contributed by atoms with E-state index in [0.717, 1.165) is 6.07 Å². The Morgan fingerprint density at radius 1 is 1.47 bits per heavy atom. The van der Waals surface area contributed by atoms with Crippen LogP contribution in [0.25, 0.3) is 0 Å². The first-order chi connectivity index (χ1) is 9.13. The molecule has 1 heterocycles. The maximum absolute atomic E-state index is 13.9. The Kier molecular flexibility index (Phi) is 4.21. The molecule has 1 N–H and O–H groups in total. The molecule has 2 rings (SSSR count). The number of rotatable bonds is 3. The van der Waals surface area contributed by atoms with Gasteiger partial charge in [0.15, 0.2) is 23.4 Å². The molecule has 1 atom stereocenters. The van der Waals surface area contributed by atoms with Crippen LogP contribution in [-0.2, 0) is 9.53 Å². The van der Waals surface area contributed by atoms with Crippen molar-refractivity contribution in [2.75, 3.05) is 19.8 Å². The molecular formula is C13H15FO5. The van der Waals surface area contributed by atoms with Crippen LogP contribution >= 0.6 is 0 Å². The van der Waals surface area contributed by atoms with Gasteiger partial charge >= 0.3 is 5.97 Å². The van der Waals surface area contributed by atoms with Crippen LogP contribution < -0.4 is 9.47 Å². The van der Waals surface area contributed by atoms with Crippen LogP contribution in [0.15, 0.2) is 12.1 Å². The van der Waals surface area contributed by atoms with Gasteiger partial charge in [-0.05, 0) is 24.6 Å². The van der Waals surface area contributed by atoms with Gasteiger partial charge in [-0.25, -0.2) is 9.18 Å². The minimum Gasteiger partial charge on any atom is -0.489 e. The first-order valence-corrected chi connectivity index (χ1v) is 6.07. The Morgan fingerprint density at radius 3 is 2.95 bits per heavy atom. The Hall–Kier alpha value is -1.82. The number of hydrogen-bond acceptors (Lipinski definition) is 5. The Morgan fingerprint density at radius 2 is 2.21 bits per heavy atom. The first-order valence-electron chi connectivity index (χ1n) is 6.07. The van der Waals surface area contributed by atoms with Gasteiger partial charge in [0.1, 0.15) is 0 Å². The van der Waals surface area contributed by atoms with E-state index in [1.807, 2.05) is 0 Å². The predicted molar refractivity (Wildman–Crippen MR) is 63.6 cm³/mol. The van der Waals surface area contributed by atoms with E-state index in [2.05, 4.69) is 4.74 Å².